The highest BCUT2D eigenvalue weighted by atomic mass is 16.5. The SMILES string of the molecule is CCCCCCCCC(Cc1ccc(OC)nc1)NC. The van der Waals surface area contributed by atoms with Crippen molar-refractivity contribution in [2.45, 2.75) is 64.3 Å². The molecule has 1 N–H and O–H groups in total. The summed E-state index contributed by atoms with van der Waals surface area (Å²) < 4.78 is 5.09. The first kappa shape index (κ1) is 17.0. The van der Waals surface area contributed by atoms with E-state index in [9.17, 15) is 0 Å². The molecule has 0 fully saturated rings. The molecule has 0 spiro atoms. The minimum absolute atomic E-state index is 0.552. The monoisotopic (exact) mass is 278 g/mol. The molecular weight excluding hydrogens is 248 g/mol. The van der Waals surface area contributed by atoms with Crippen molar-refractivity contribution in [3.05, 3.63) is 23.9 Å². The molecule has 0 aromatic carbocycles. The van der Waals surface area contributed by atoms with E-state index in [2.05, 4.69) is 30.3 Å². The van der Waals surface area contributed by atoms with E-state index >= 15 is 0 Å². The van der Waals surface area contributed by atoms with Gasteiger partial charge >= 0.3 is 0 Å². The van der Waals surface area contributed by atoms with E-state index in [1.165, 1.54) is 50.5 Å². The summed E-state index contributed by atoms with van der Waals surface area (Å²) in [6, 6.07) is 4.60. The van der Waals surface area contributed by atoms with E-state index in [1.807, 2.05) is 12.3 Å². The Morgan fingerprint density at radius 3 is 2.50 bits per heavy atom. The molecule has 1 aromatic heterocycles. The highest BCUT2D eigenvalue weighted by Crippen LogP contribution is 2.13. The molecule has 20 heavy (non-hydrogen) atoms. The molecule has 3 nitrogen and oxygen atoms in total. The number of aromatic nitrogens is 1. The lowest BCUT2D eigenvalue weighted by atomic mass is 10.0. The van der Waals surface area contributed by atoms with E-state index in [1.54, 1.807) is 7.11 Å². The van der Waals surface area contributed by atoms with Gasteiger partial charge in [-0.05, 0) is 25.5 Å². The van der Waals surface area contributed by atoms with Crippen molar-refractivity contribution < 1.29 is 4.74 Å². The Morgan fingerprint density at radius 2 is 1.90 bits per heavy atom. The van der Waals surface area contributed by atoms with Crippen LogP contribution in [0.3, 0.4) is 0 Å². The number of methoxy groups -OCH3 is 1. The largest absolute Gasteiger partial charge is 0.481 e. The lowest BCUT2D eigenvalue weighted by Crippen LogP contribution is -2.27. The molecule has 0 aliphatic rings. The topological polar surface area (TPSA) is 34.1 Å². The number of nitrogens with one attached hydrogen (secondary N) is 1. The Hall–Kier alpha value is -1.09. The summed E-state index contributed by atoms with van der Waals surface area (Å²) >= 11 is 0. The predicted octanol–water partition coefficient (Wildman–Crippen LogP) is 3.97. The number of rotatable bonds is 11. The molecule has 1 unspecified atom stereocenters. The third-order valence-electron chi connectivity index (χ3n) is 3.80. The molecule has 0 saturated heterocycles. The number of nitrogens with zero attached hydrogens (tertiary/aromatic N) is 1. The number of ether oxygens (including phenoxy) is 1. The third-order valence-corrected chi connectivity index (χ3v) is 3.80. The molecule has 0 aliphatic carbocycles. The fourth-order valence-corrected chi connectivity index (χ4v) is 2.46. The van der Waals surface area contributed by atoms with Gasteiger partial charge in [-0.3, -0.25) is 0 Å². The second kappa shape index (κ2) is 10.7. The zero-order valence-electron chi connectivity index (χ0n) is 13.3. The lowest BCUT2D eigenvalue weighted by molar-refractivity contribution is 0.397. The van der Waals surface area contributed by atoms with Crippen molar-refractivity contribution in [2.75, 3.05) is 14.2 Å². The Morgan fingerprint density at radius 1 is 1.15 bits per heavy atom. The van der Waals surface area contributed by atoms with Crippen molar-refractivity contribution >= 4 is 0 Å². The third kappa shape index (κ3) is 6.90. The fraction of sp³-hybridized carbons (Fsp3) is 0.706. The van der Waals surface area contributed by atoms with Gasteiger partial charge in [-0.2, -0.15) is 0 Å². The molecule has 0 bridgehead atoms. The van der Waals surface area contributed by atoms with Crippen LogP contribution in [0.2, 0.25) is 0 Å². The number of pyridine rings is 1. The van der Waals surface area contributed by atoms with Gasteiger partial charge in [0.25, 0.3) is 0 Å². The maximum absolute atomic E-state index is 5.09. The van der Waals surface area contributed by atoms with Crippen LogP contribution in [0.25, 0.3) is 0 Å². The van der Waals surface area contributed by atoms with Gasteiger partial charge in [0.15, 0.2) is 0 Å². The molecule has 1 rings (SSSR count). The van der Waals surface area contributed by atoms with Crippen LogP contribution in [0.15, 0.2) is 18.3 Å². The van der Waals surface area contributed by atoms with E-state index in [4.69, 9.17) is 4.74 Å². The van der Waals surface area contributed by atoms with Gasteiger partial charge < -0.3 is 10.1 Å². The molecule has 1 aromatic rings. The Bertz CT molecular complexity index is 337. The lowest BCUT2D eigenvalue weighted by Gasteiger charge is -2.16. The first-order valence-corrected chi connectivity index (χ1v) is 7.96. The molecule has 0 saturated carbocycles. The summed E-state index contributed by atoms with van der Waals surface area (Å²) in [5.41, 5.74) is 1.27. The average Bonchev–Trinajstić information content (AvgIpc) is 2.50. The maximum atomic E-state index is 5.09. The normalized spacial score (nSPS) is 12.3. The van der Waals surface area contributed by atoms with Gasteiger partial charge in [-0.25, -0.2) is 4.98 Å². The smallest absolute Gasteiger partial charge is 0.212 e. The van der Waals surface area contributed by atoms with E-state index in [0.29, 0.717) is 11.9 Å². The number of hydrogen-bond acceptors (Lipinski definition) is 3. The highest BCUT2D eigenvalue weighted by molar-refractivity contribution is 5.18. The minimum Gasteiger partial charge on any atom is -0.481 e. The van der Waals surface area contributed by atoms with Crippen LogP contribution < -0.4 is 10.1 Å². The second-order valence-corrected chi connectivity index (χ2v) is 5.45. The molecule has 0 aliphatic heterocycles. The van der Waals surface area contributed by atoms with Gasteiger partial charge in [0, 0.05) is 18.3 Å². The van der Waals surface area contributed by atoms with E-state index in [0.717, 1.165) is 6.42 Å². The predicted molar refractivity (Wildman–Crippen MR) is 85.3 cm³/mol. The molecule has 1 heterocycles. The maximum Gasteiger partial charge on any atom is 0.212 e. The van der Waals surface area contributed by atoms with Gasteiger partial charge in [0.1, 0.15) is 0 Å². The van der Waals surface area contributed by atoms with Crippen molar-refractivity contribution in [1.29, 1.82) is 0 Å². The van der Waals surface area contributed by atoms with Crippen molar-refractivity contribution in [2.24, 2.45) is 0 Å². The zero-order chi connectivity index (χ0) is 14.6. The summed E-state index contributed by atoms with van der Waals surface area (Å²) in [7, 11) is 3.70. The van der Waals surface area contributed by atoms with Crippen LogP contribution in [0, 0.1) is 0 Å². The van der Waals surface area contributed by atoms with Gasteiger partial charge in [0.2, 0.25) is 5.88 Å². The molecule has 3 heteroatoms. The van der Waals surface area contributed by atoms with Crippen LogP contribution >= 0.6 is 0 Å². The standard InChI is InChI=1S/C17H30N2O/c1-4-5-6-7-8-9-10-16(18-2)13-15-11-12-17(20-3)19-14-15/h11-12,14,16,18H,4-10,13H2,1-3H3. The summed E-state index contributed by atoms with van der Waals surface area (Å²) in [4.78, 5) is 4.26. The second-order valence-electron chi connectivity index (χ2n) is 5.45. The molecular formula is C17H30N2O. The first-order chi connectivity index (χ1) is 9.80. The van der Waals surface area contributed by atoms with E-state index in [-0.39, 0.29) is 0 Å². The van der Waals surface area contributed by atoms with Gasteiger partial charge in [-0.15, -0.1) is 0 Å². The first-order valence-electron chi connectivity index (χ1n) is 7.96. The van der Waals surface area contributed by atoms with Crippen LogP contribution in [-0.2, 0) is 6.42 Å². The van der Waals surface area contributed by atoms with Crippen LogP contribution in [0.5, 0.6) is 5.88 Å². The quantitative estimate of drug-likeness (QED) is 0.622. The summed E-state index contributed by atoms with van der Waals surface area (Å²) in [6.45, 7) is 2.26. The fourth-order valence-electron chi connectivity index (χ4n) is 2.46. The zero-order valence-corrected chi connectivity index (χ0v) is 13.3. The summed E-state index contributed by atoms with van der Waals surface area (Å²) in [5, 5.41) is 3.42. The molecule has 0 radical (unpaired) electrons. The summed E-state index contributed by atoms with van der Waals surface area (Å²) in [5.74, 6) is 0.686. The van der Waals surface area contributed by atoms with Gasteiger partial charge in [-0.1, -0.05) is 51.5 Å². The molecule has 114 valence electrons. The highest BCUT2D eigenvalue weighted by Gasteiger charge is 2.07. The van der Waals surface area contributed by atoms with E-state index < -0.39 is 0 Å². The van der Waals surface area contributed by atoms with Gasteiger partial charge in [0.05, 0.1) is 7.11 Å². The van der Waals surface area contributed by atoms with Crippen LogP contribution in [0.4, 0.5) is 0 Å². The number of unbranched alkanes of at least 4 members (excludes halogenated alkanes) is 5. The van der Waals surface area contributed by atoms with Crippen molar-refractivity contribution in [3.63, 3.8) is 0 Å². The Balaban J connectivity index is 2.24. The molecule has 1 atom stereocenters. The minimum atomic E-state index is 0.552. The van der Waals surface area contributed by atoms with Crippen molar-refractivity contribution in [1.82, 2.24) is 10.3 Å². The van der Waals surface area contributed by atoms with Crippen LogP contribution in [-0.4, -0.2) is 25.2 Å². The van der Waals surface area contributed by atoms with Crippen molar-refractivity contribution in [3.8, 4) is 5.88 Å². The Labute approximate surface area is 124 Å². The number of likely N-dealkylation sites (N-methyl/N-ethyl adjacent to an activating group) is 1. The average molecular weight is 278 g/mol. The molecule has 0 amide bonds. The number of hydrogen-bond donors (Lipinski definition) is 1. The summed E-state index contributed by atoms with van der Waals surface area (Å²) in [6.07, 6.45) is 12.4. The van der Waals surface area contributed by atoms with Crippen LogP contribution in [0.1, 0.15) is 57.4 Å². The Kier molecular flexibility index (Phi) is 9.05.